The summed E-state index contributed by atoms with van der Waals surface area (Å²) >= 11 is 0. The minimum absolute atomic E-state index is 0.0351. The van der Waals surface area contributed by atoms with Gasteiger partial charge in [0.2, 0.25) is 0 Å². The quantitative estimate of drug-likeness (QED) is 0.139. The first-order chi connectivity index (χ1) is 22.5. The summed E-state index contributed by atoms with van der Waals surface area (Å²) in [6.45, 7) is 34.2. The fourth-order valence-corrected chi connectivity index (χ4v) is 17.0. The topological polar surface area (TPSA) is 0 Å². The van der Waals surface area contributed by atoms with Gasteiger partial charge in [-0.1, -0.05) is 198 Å². The van der Waals surface area contributed by atoms with Gasteiger partial charge in [0.05, 0.1) is 8.07 Å². The van der Waals surface area contributed by atoms with Crippen LogP contribution in [0.2, 0.25) is 12.1 Å². The van der Waals surface area contributed by atoms with Gasteiger partial charge in [-0.05, 0) is 88.0 Å². The molecule has 1 heteroatoms. The molecule has 0 fully saturated rings. The zero-order chi connectivity index (χ0) is 35.6. The summed E-state index contributed by atoms with van der Waals surface area (Å²) in [5.41, 5.74) is 16.5. The van der Waals surface area contributed by atoms with Crippen LogP contribution < -0.4 is 0 Å². The van der Waals surface area contributed by atoms with Crippen molar-refractivity contribution in [3.63, 3.8) is 0 Å². The summed E-state index contributed by atoms with van der Waals surface area (Å²) in [6.07, 6.45) is 13.5. The third kappa shape index (κ3) is 7.48. The first-order valence-electron chi connectivity index (χ1n) is 19.9. The summed E-state index contributed by atoms with van der Waals surface area (Å²) in [4.78, 5) is 0. The number of hydrogen-bond donors (Lipinski definition) is 0. The molecule has 2 aromatic rings. The Morgan fingerprint density at radius 3 is 1.77 bits per heavy atom. The predicted molar refractivity (Wildman–Crippen MR) is 219 cm³/mol. The van der Waals surface area contributed by atoms with E-state index in [1.54, 1.807) is 44.5 Å². The van der Waals surface area contributed by atoms with Crippen molar-refractivity contribution in [3.05, 3.63) is 91.7 Å². The molecule has 0 amide bonds. The van der Waals surface area contributed by atoms with E-state index >= 15 is 0 Å². The molecule has 4 rings (SSSR count). The van der Waals surface area contributed by atoms with Crippen LogP contribution in [0, 0.1) is 5.92 Å². The molecule has 0 spiro atoms. The van der Waals surface area contributed by atoms with Crippen molar-refractivity contribution in [2.75, 3.05) is 0 Å². The fraction of sp³-hybridized carbons (Fsp3) is 0.617. The summed E-state index contributed by atoms with van der Waals surface area (Å²) in [7, 11) is -2.14. The van der Waals surface area contributed by atoms with E-state index in [9.17, 15) is 0 Å². The lowest BCUT2D eigenvalue weighted by atomic mass is 9.70. The standard InChI is InChI=1S/C47H72Si/c1-15-17-19-23-29-48(30-24-20-18-16-2,44-35(7)33(5)34(6)36(44)8)45-38-26-22-21-25-37(38)31-40(45)39-27-28-41(46(9,10)11)42(32(3)4)43(39)47(12,13)14/h21-22,25-28,31-32,35,45H,15-20,23-24,29-30H2,1-14H3. The van der Waals surface area contributed by atoms with Gasteiger partial charge in [0.25, 0.3) is 0 Å². The maximum atomic E-state index is 2.67. The highest BCUT2D eigenvalue weighted by atomic mass is 28.3. The van der Waals surface area contributed by atoms with E-state index in [1.165, 1.54) is 74.6 Å². The van der Waals surface area contributed by atoms with Gasteiger partial charge < -0.3 is 0 Å². The number of allylic oxidation sites excluding steroid dienone is 5. The summed E-state index contributed by atoms with van der Waals surface area (Å²) in [5, 5.41) is 1.91. The summed E-state index contributed by atoms with van der Waals surface area (Å²) < 4.78 is 0. The molecule has 2 unspecified atom stereocenters. The number of rotatable bonds is 14. The number of unbranched alkanes of at least 4 members (excludes halogenated alkanes) is 6. The molecule has 0 nitrogen and oxygen atoms in total. The van der Waals surface area contributed by atoms with E-state index in [4.69, 9.17) is 0 Å². The van der Waals surface area contributed by atoms with Gasteiger partial charge in [0.15, 0.2) is 0 Å². The van der Waals surface area contributed by atoms with Crippen molar-refractivity contribution in [1.82, 2.24) is 0 Å². The van der Waals surface area contributed by atoms with Crippen LogP contribution in [0.3, 0.4) is 0 Å². The van der Waals surface area contributed by atoms with E-state index in [-0.39, 0.29) is 10.8 Å². The minimum Gasteiger partial charge on any atom is -0.0695 e. The summed E-state index contributed by atoms with van der Waals surface area (Å²) in [5.74, 6) is 1.02. The van der Waals surface area contributed by atoms with E-state index in [1.807, 2.05) is 5.20 Å². The maximum Gasteiger partial charge on any atom is 0.0947 e. The Hall–Kier alpha value is -2.12. The molecule has 2 aliphatic rings. The molecule has 0 heterocycles. The molecule has 2 aliphatic carbocycles. The van der Waals surface area contributed by atoms with E-state index < -0.39 is 8.07 Å². The Labute approximate surface area is 299 Å². The van der Waals surface area contributed by atoms with Gasteiger partial charge in [0.1, 0.15) is 0 Å². The van der Waals surface area contributed by atoms with Crippen LogP contribution in [0.5, 0.6) is 0 Å². The molecule has 0 N–H and O–H groups in total. The van der Waals surface area contributed by atoms with Crippen molar-refractivity contribution in [3.8, 4) is 0 Å². The van der Waals surface area contributed by atoms with Crippen molar-refractivity contribution in [2.45, 2.75) is 183 Å². The average Bonchev–Trinajstić information content (AvgIpc) is 3.50. The summed E-state index contributed by atoms with van der Waals surface area (Å²) in [6, 6.07) is 17.5. The zero-order valence-electron chi connectivity index (χ0n) is 33.8. The molecular formula is C47H72Si. The Morgan fingerprint density at radius 1 is 0.708 bits per heavy atom. The lowest BCUT2D eigenvalue weighted by Gasteiger charge is -2.45. The average molecular weight is 665 g/mol. The molecule has 0 aliphatic heterocycles. The molecular weight excluding hydrogens is 593 g/mol. The normalized spacial score (nSPS) is 18.8. The third-order valence-electron chi connectivity index (χ3n) is 12.3. The molecule has 2 aromatic carbocycles. The molecule has 0 saturated heterocycles. The van der Waals surface area contributed by atoms with Gasteiger partial charge in [-0.15, -0.1) is 0 Å². The lowest BCUT2D eigenvalue weighted by molar-refractivity contribution is 0.545. The highest BCUT2D eigenvalue weighted by molar-refractivity contribution is 6.89. The molecule has 264 valence electrons. The lowest BCUT2D eigenvalue weighted by Crippen LogP contribution is -2.46. The predicted octanol–water partition coefficient (Wildman–Crippen LogP) is 15.0. The molecule has 0 bridgehead atoms. The molecule has 0 radical (unpaired) electrons. The van der Waals surface area contributed by atoms with E-state index in [0.717, 1.165) is 0 Å². The van der Waals surface area contributed by atoms with Crippen molar-refractivity contribution in [2.24, 2.45) is 5.92 Å². The first kappa shape index (κ1) is 38.7. The second-order valence-electron chi connectivity index (χ2n) is 18.1. The fourth-order valence-electron chi connectivity index (χ4n) is 9.82. The Bertz CT molecular complexity index is 1510. The van der Waals surface area contributed by atoms with Crippen molar-refractivity contribution >= 4 is 19.7 Å². The number of hydrogen-bond acceptors (Lipinski definition) is 0. The minimum atomic E-state index is -2.14. The largest absolute Gasteiger partial charge is 0.0947 e. The van der Waals surface area contributed by atoms with Gasteiger partial charge in [-0.25, -0.2) is 0 Å². The van der Waals surface area contributed by atoms with Crippen LogP contribution in [-0.4, -0.2) is 8.07 Å². The van der Waals surface area contributed by atoms with Crippen LogP contribution in [-0.2, 0) is 10.8 Å². The molecule has 0 saturated carbocycles. The van der Waals surface area contributed by atoms with Crippen LogP contribution in [0.4, 0.5) is 0 Å². The molecule has 48 heavy (non-hydrogen) atoms. The van der Waals surface area contributed by atoms with Crippen LogP contribution in [0.15, 0.2) is 58.3 Å². The highest BCUT2D eigenvalue weighted by Gasteiger charge is 2.52. The SMILES string of the molecule is CCCCCC[Si](CCCCCC)(C1=C(C)C(C)=C(C)C1C)C1C(c2ccc(C(C)(C)C)c(C(C)C)c2C(C)(C)C)=Cc2ccccc21. The van der Waals surface area contributed by atoms with Crippen molar-refractivity contribution < 1.29 is 0 Å². The van der Waals surface area contributed by atoms with E-state index in [0.29, 0.717) is 17.4 Å². The van der Waals surface area contributed by atoms with Crippen LogP contribution >= 0.6 is 0 Å². The zero-order valence-corrected chi connectivity index (χ0v) is 34.8. The number of benzene rings is 2. The maximum absolute atomic E-state index is 2.67. The first-order valence-corrected chi connectivity index (χ1v) is 22.4. The highest BCUT2D eigenvalue weighted by Crippen LogP contribution is 2.58. The van der Waals surface area contributed by atoms with Gasteiger partial charge in [0, 0.05) is 5.54 Å². The Morgan fingerprint density at radius 2 is 1.29 bits per heavy atom. The second kappa shape index (κ2) is 15.4. The van der Waals surface area contributed by atoms with Crippen LogP contribution in [0.1, 0.15) is 193 Å². The Kier molecular flexibility index (Phi) is 12.4. The van der Waals surface area contributed by atoms with Crippen LogP contribution in [0.25, 0.3) is 11.6 Å². The second-order valence-corrected chi connectivity index (χ2v) is 22.5. The smallest absolute Gasteiger partial charge is 0.0695 e. The monoisotopic (exact) mass is 665 g/mol. The Balaban J connectivity index is 2.11. The molecule has 2 atom stereocenters. The number of fused-ring (bicyclic) bond motifs is 1. The van der Waals surface area contributed by atoms with E-state index in [2.05, 4.69) is 139 Å². The van der Waals surface area contributed by atoms with Crippen molar-refractivity contribution in [1.29, 1.82) is 0 Å². The van der Waals surface area contributed by atoms with Gasteiger partial charge in [-0.3, -0.25) is 0 Å². The third-order valence-corrected chi connectivity index (χ3v) is 18.4. The van der Waals surface area contributed by atoms with Gasteiger partial charge >= 0.3 is 0 Å². The molecule has 0 aromatic heterocycles. The van der Waals surface area contributed by atoms with Gasteiger partial charge in [-0.2, -0.15) is 0 Å².